The van der Waals surface area contributed by atoms with Crippen LogP contribution in [0, 0.1) is 0 Å². The smallest absolute Gasteiger partial charge is 0.253 e. The molecule has 0 aromatic heterocycles. The van der Waals surface area contributed by atoms with Crippen LogP contribution in [-0.4, -0.2) is 103 Å². The van der Waals surface area contributed by atoms with Gasteiger partial charge in [-0.25, -0.2) is 0 Å². The molecule has 2 amide bonds. The molecule has 0 aliphatic carbocycles. The Morgan fingerprint density at radius 3 is 2.06 bits per heavy atom. The van der Waals surface area contributed by atoms with Crippen molar-refractivity contribution in [3.05, 3.63) is 29.8 Å². The predicted octanol–water partition coefficient (Wildman–Crippen LogP) is 2.32. The molecule has 7 nitrogen and oxygen atoms in total. The zero-order chi connectivity index (χ0) is 22.2. The van der Waals surface area contributed by atoms with Crippen LogP contribution in [-0.2, 0) is 4.79 Å². The maximum absolute atomic E-state index is 12.9. The highest BCUT2D eigenvalue weighted by Crippen LogP contribution is 2.16. The van der Waals surface area contributed by atoms with Gasteiger partial charge in [0.05, 0.1) is 13.2 Å². The molecule has 7 heteroatoms. The van der Waals surface area contributed by atoms with Gasteiger partial charge in [-0.05, 0) is 69.5 Å². The SMILES string of the molecule is O=C(CN1CCN(C(=O)c2ccc(OCCCN3CCCCC3)cc2)CC1)N1CCCC1. The van der Waals surface area contributed by atoms with Gasteiger partial charge >= 0.3 is 0 Å². The number of hydrogen-bond acceptors (Lipinski definition) is 5. The van der Waals surface area contributed by atoms with Crippen molar-refractivity contribution in [2.75, 3.05) is 72.1 Å². The molecule has 32 heavy (non-hydrogen) atoms. The van der Waals surface area contributed by atoms with E-state index >= 15 is 0 Å². The van der Waals surface area contributed by atoms with Crippen molar-refractivity contribution in [1.82, 2.24) is 19.6 Å². The Morgan fingerprint density at radius 2 is 1.38 bits per heavy atom. The third-order valence-electron chi connectivity index (χ3n) is 6.91. The fourth-order valence-electron chi connectivity index (χ4n) is 4.90. The largest absolute Gasteiger partial charge is 0.494 e. The fraction of sp³-hybridized carbons (Fsp3) is 0.680. The number of rotatable bonds is 8. The van der Waals surface area contributed by atoms with Gasteiger partial charge in [-0.2, -0.15) is 0 Å². The Morgan fingerprint density at radius 1 is 0.719 bits per heavy atom. The molecule has 3 aliphatic heterocycles. The number of nitrogens with zero attached hydrogens (tertiary/aromatic N) is 4. The lowest BCUT2D eigenvalue weighted by Gasteiger charge is -2.35. The number of carbonyl (C=O) groups is 2. The van der Waals surface area contributed by atoms with Crippen LogP contribution in [0.4, 0.5) is 0 Å². The first-order chi connectivity index (χ1) is 15.7. The summed E-state index contributed by atoms with van der Waals surface area (Å²) in [6.45, 7) is 9.37. The Balaban J connectivity index is 1.15. The Labute approximate surface area is 192 Å². The Bertz CT molecular complexity index is 734. The summed E-state index contributed by atoms with van der Waals surface area (Å²) < 4.78 is 5.88. The lowest BCUT2D eigenvalue weighted by atomic mass is 10.1. The lowest BCUT2D eigenvalue weighted by molar-refractivity contribution is -0.131. The average molecular weight is 443 g/mol. The molecule has 0 spiro atoms. The first-order valence-electron chi connectivity index (χ1n) is 12.4. The van der Waals surface area contributed by atoms with Gasteiger partial charge in [0.15, 0.2) is 0 Å². The number of benzene rings is 1. The van der Waals surface area contributed by atoms with E-state index < -0.39 is 0 Å². The van der Waals surface area contributed by atoms with Crippen molar-refractivity contribution < 1.29 is 14.3 Å². The maximum atomic E-state index is 12.9. The standard InChI is InChI=1S/C25H38N4O3/c30-24(28-14-4-5-15-28)21-27-16-18-29(19-17-27)25(31)22-7-9-23(10-8-22)32-20-6-13-26-11-2-1-3-12-26/h7-10H,1-6,11-21H2. The van der Waals surface area contributed by atoms with Crippen LogP contribution >= 0.6 is 0 Å². The minimum Gasteiger partial charge on any atom is -0.494 e. The van der Waals surface area contributed by atoms with Crippen LogP contribution in [0.1, 0.15) is 48.9 Å². The second kappa shape index (κ2) is 11.7. The van der Waals surface area contributed by atoms with Crippen molar-refractivity contribution in [3.63, 3.8) is 0 Å². The van der Waals surface area contributed by atoms with Crippen molar-refractivity contribution in [2.24, 2.45) is 0 Å². The number of carbonyl (C=O) groups excluding carboxylic acids is 2. The summed E-state index contributed by atoms with van der Waals surface area (Å²) in [5.41, 5.74) is 0.701. The molecule has 4 rings (SSSR count). The summed E-state index contributed by atoms with van der Waals surface area (Å²) in [5.74, 6) is 1.12. The zero-order valence-corrected chi connectivity index (χ0v) is 19.3. The number of hydrogen-bond donors (Lipinski definition) is 0. The molecule has 0 radical (unpaired) electrons. The van der Waals surface area contributed by atoms with Gasteiger partial charge in [0.1, 0.15) is 5.75 Å². The Kier molecular flexibility index (Phi) is 8.40. The molecule has 0 saturated carbocycles. The summed E-state index contributed by atoms with van der Waals surface area (Å²) in [7, 11) is 0. The van der Waals surface area contributed by atoms with Gasteiger partial charge in [-0.15, -0.1) is 0 Å². The molecular weight excluding hydrogens is 404 g/mol. The normalized spacial score (nSPS) is 20.5. The minimum absolute atomic E-state index is 0.0622. The van der Waals surface area contributed by atoms with E-state index in [0.717, 1.165) is 57.7 Å². The third kappa shape index (κ3) is 6.45. The van der Waals surface area contributed by atoms with Gasteiger partial charge in [0.25, 0.3) is 5.91 Å². The van der Waals surface area contributed by atoms with Crippen molar-refractivity contribution in [3.8, 4) is 5.75 Å². The molecule has 3 heterocycles. The molecule has 3 saturated heterocycles. The van der Waals surface area contributed by atoms with E-state index in [1.54, 1.807) is 0 Å². The van der Waals surface area contributed by atoms with E-state index in [1.807, 2.05) is 34.1 Å². The highest BCUT2D eigenvalue weighted by Gasteiger charge is 2.25. The van der Waals surface area contributed by atoms with E-state index in [4.69, 9.17) is 4.74 Å². The number of piperidine rings is 1. The molecule has 0 N–H and O–H groups in total. The quantitative estimate of drug-likeness (QED) is 0.579. The van der Waals surface area contributed by atoms with E-state index in [9.17, 15) is 9.59 Å². The highest BCUT2D eigenvalue weighted by atomic mass is 16.5. The van der Waals surface area contributed by atoms with Crippen LogP contribution in [0.15, 0.2) is 24.3 Å². The van der Waals surface area contributed by atoms with Gasteiger partial charge in [0.2, 0.25) is 5.91 Å². The molecule has 0 bridgehead atoms. The van der Waals surface area contributed by atoms with Crippen LogP contribution in [0.3, 0.4) is 0 Å². The van der Waals surface area contributed by atoms with E-state index in [1.165, 1.54) is 32.4 Å². The summed E-state index contributed by atoms with van der Waals surface area (Å²) in [4.78, 5) is 33.8. The second-order valence-electron chi connectivity index (χ2n) is 9.28. The van der Waals surface area contributed by atoms with Crippen molar-refractivity contribution in [1.29, 1.82) is 0 Å². The maximum Gasteiger partial charge on any atom is 0.253 e. The third-order valence-corrected chi connectivity index (χ3v) is 6.91. The summed E-state index contributed by atoms with van der Waals surface area (Å²) in [6, 6.07) is 7.54. The molecular formula is C25H38N4O3. The molecule has 176 valence electrons. The van der Waals surface area contributed by atoms with Gasteiger partial charge in [-0.1, -0.05) is 6.42 Å². The predicted molar refractivity (Wildman–Crippen MR) is 125 cm³/mol. The molecule has 1 aromatic carbocycles. The lowest BCUT2D eigenvalue weighted by Crippen LogP contribution is -2.51. The summed E-state index contributed by atoms with van der Waals surface area (Å²) in [6.07, 6.45) is 7.29. The summed E-state index contributed by atoms with van der Waals surface area (Å²) >= 11 is 0. The average Bonchev–Trinajstić information content (AvgIpc) is 3.38. The van der Waals surface area contributed by atoms with E-state index in [0.29, 0.717) is 31.8 Å². The first kappa shape index (κ1) is 23.1. The second-order valence-corrected chi connectivity index (χ2v) is 9.28. The topological polar surface area (TPSA) is 56.3 Å². The Hall–Kier alpha value is -2.12. The molecule has 1 aromatic rings. The van der Waals surface area contributed by atoms with Crippen molar-refractivity contribution in [2.45, 2.75) is 38.5 Å². The minimum atomic E-state index is 0.0622. The number of amides is 2. The molecule has 0 atom stereocenters. The van der Waals surface area contributed by atoms with Gasteiger partial charge in [-0.3, -0.25) is 14.5 Å². The fourth-order valence-corrected chi connectivity index (χ4v) is 4.90. The molecule has 3 aliphatic rings. The monoisotopic (exact) mass is 442 g/mol. The van der Waals surface area contributed by atoms with Crippen LogP contribution < -0.4 is 4.74 Å². The zero-order valence-electron chi connectivity index (χ0n) is 19.3. The molecule has 0 unspecified atom stereocenters. The van der Waals surface area contributed by atoms with Crippen LogP contribution in [0.25, 0.3) is 0 Å². The van der Waals surface area contributed by atoms with Crippen LogP contribution in [0.5, 0.6) is 5.75 Å². The van der Waals surface area contributed by atoms with Crippen LogP contribution in [0.2, 0.25) is 0 Å². The van der Waals surface area contributed by atoms with E-state index in [2.05, 4.69) is 9.80 Å². The van der Waals surface area contributed by atoms with Gasteiger partial charge < -0.3 is 19.4 Å². The number of ether oxygens (including phenoxy) is 1. The van der Waals surface area contributed by atoms with E-state index in [-0.39, 0.29) is 11.8 Å². The summed E-state index contributed by atoms with van der Waals surface area (Å²) in [5, 5.41) is 0. The van der Waals surface area contributed by atoms with Crippen molar-refractivity contribution >= 4 is 11.8 Å². The van der Waals surface area contributed by atoms with Gasteiger partial charge in [0, 0.05) is 51.4 Å². The number of piperazine rings is 1. The highest BCUT2D eigenvalue weighted by molar-refractivity contribution is 5.94. The number of likely N-dealkylation sites (tertiary alicyclic amines) is 2. The molecule has 3 fully saturated rings. The first-order valence-corrected chi connectivity index (χ1v) is 12.4.